The lowest BCUT2D eigenvalue weighted by atomic mass is 9.98. The molecule has 2 heterocycles. The van der Waals surface area contributed by atoms with Crippen molar-refractivity contribution in [3.8, 4) is 22.4 Å². The number of carbonyl (C=O) groups excluding carboxylic acids is 2. The van der Waals surface area contributed by atoms with Crippen LogP contribution < -0.4 is 0 Å². The molecule has 164 valence electrons. The number of hydrogen-bond donors (Lipinski definition) is 0. The largest absolute Gasteiger partial charge is 0.270 e. The maximum atomic E-state index is 12.7. The Bertz CT molecular complexity index is 1290. The van der Waals surface area contributed by atoms with Gasteiger partial charge in [0.25, 0.3) is 11.8 Å². The van der Waals surface area contributed by atoms with Crippen LogP contribution in [0.4, 0.5) is 0 Å². The van der Waals surface area contributed by atoms with Gasteiger partial charge in [0, 0.05) is 39.0 Å². The summed E-state index contributed by atoms with van der Waals surface area (Å²) in [4.78, 5) is 31.1. The van der Waals surface area contributed by atoms with E-state index < -0.39 is 0 Å². The zero-order valence-corrected chi connectivity index (χ0v) is 19.3. The van der Waals surface area contributed by atoms with Crippen molar-refractivity contribution < 1.29 is 9.59 Å². The van der Waals surface area contributed by atoms with Gasteiger partial charge in [0.05, 0.1) is 12.2 Å². The van der Waals surface area contributed by atoms with Crippen LogP contribution in [0.25, 0.3) is 22.4 Å². The number of benzene rings is 2. The summed E-state index contributed by atoms with van der Waals surface area (Å²) < 4.78 is 0. The third-order valence-electron chi connectivity index (χ3n) is 5.17. The fourth-order valence-electron chi connectivity index (χ4n) is 3.53. The molecule has 0 radical (unpaired) electrons. The number of imide groups is 1. The molecule has 0 bridgehead atoms. The van der Waals surface area contributed by atoms with Gasteiger partial charge in [0.15, 0.2) is 0 Å². The van der Waals surface area contributed by atoms with Crippen LogP contribution in [0.2, 0.25) is 10.0 Å². The summed E-state index contributed by atoms with van der Waals surface area (Å²) in [5.74, 6) is -0.662. The van der Waals surface area contributed by atoms with Crippen molar-refractivity contribution >= 4 is 35.0 Å². The molecule has 1 aliphatic heterocycles. The summed E-state index contributed by atoms with van der Waals surface area (Å²) in [6.07, 6.45) is 10.1. The molecule has 0 aliphatic carbocycles. The molecule has 4 rings (SSSR count). The van der Waals surface area contributed by atoms with Crippen molar-refractivity contribution in [1.29, 1.82) is 0 Å². The van der Waals surface area contributed by atoms with Gasteiger partial charge in [-0.25, -0.2) is 0 Å². The van der Waals surface area contributed by atoms with E-state index in [1.54, 1.807) is 24.4 Å². The highest BCUT2D eigenvalue weighted by molar-refractivity contribution is 6.31. The molecule has 4 nitrogen and oxygen atoms in total. The zero-order chi connectivity index (χ0) is 23.4. The van der Waals surface area contributed by atoms with E-state index in [0.717, 1.165) is 27.9 Å². The fraction of sp³-hybridized carbons (Fsp3) is 0.0741. The molecule has 6 heteroatoms. The standard InChI is InChI=1S/C27H20Cl2N2O2/c1-2-3-4-5-21-15-25(32)31(27(21)33)17-18-14-24(19-6-10-22(28)11-7-19)26(30-16-18)20-8-12-23(29)13-9-20/h2-16H,17H2,1H3/b3-2-,5-4-. The van der Waals surface area contributed by atoms with E-state index in [-0.39, 0.29) is 18.4 Å². The Labute approximate surface area is 202 Å². The normalized spacial score (nSPS) is 14.0. The average molecular weight is 475 g/mol. The van der Waals surface area contributed by atoms with E-state index in [1.165, 1.54) is 11.0 Å². The number of halogens is 2. The Balaban J connectivity index is 1.68. The van der Waals surface area contributed by atoms with Gasteiger partial charge in [-0.15, -0.1) is 0 Å². The highest BCUT2D eigenvalue weighted by Gasteiger charge is 2.29. The van der Waals surface area contributed by atoms with Crippen LogP contribution in [-0.2, 0) is 16.1 Å². The molecule has 1 aliphatic rings. The van der Waals surface area contributed by atoms with Crippen LogP contribution >= 0.6 is 23.2 Å². The average Bonchev–Trinajstić information content (AvgIpc) is 3.08. The lowest BCUT2D eigenvalue weighted by Gasteiger charge is -2.17. The van der Waals surface area contributed by atoms with Crippen LogP contribution in [0.3, 0.4) is 0 Å². The molecule has 1 aromatic heterocycles. The number of nitrogens with zero attached hydrogens (tertiary/aromatic N) is 2. The van der Waals surface area contributed by atoms with Crippen molar-refractivity contribution in [3.63, 3.8) is 0 Å². The van der Waals surface area contributed by atoms with Crippen molar-refractivity contribution in [3.05, 3.63) is 112 Å². The molecule has 2 amide bonds. The fourth-order valence-corrected chi connectivity index (χ4v) is 3.78. The number of aromatic nitrogens is 1. The van der Waals surface area contributed by atoms with Gasteiger partial charge in [-0.1, -0.05) is 65.7 Å². The minimum atomic E-state index is -0.338. The predicted molar refractivity (Wildman–Crippen MR) is 133 cm³/mol. The van der Waals surface area contributed by atoms with Crippen LogP contribution in [0.5, 0.6) is 0 Å². The minimum Gasteiger partial charge on any atom is -0.270 e. The molecule has 0 fully saturated rings. The summed E-state index contributed by atoms with van der Waals surface area (Å²) in [6, 6.07) is 16.9. The maximum Gasteiger partial charge on any atom is 0.261 e. The number of rotatable bonds is 6. The molecule has 2 aromatic carbocycles. The Morgan fingerprint density at radius 2 is 1.55 bits per heavy atom. The molecule has 0 unspecified atom stereocenters. The van der Waals surface area contributed by atoms with Crippen LogP contribution in [0.15, 0.2) is 96.7 Å². The van der Waals surface area contributed by atoms with Gasteiger partial charge in [-0.2, -0.15) is 0 Å². The summed E-state index contributed by atoms with van der Waals surface area (Å²) in [5.41, 5.74) is 4.57. The Morgan fingerprint density at radius 1 is 0.909 bits per heavy atom. The third-order valence-corrected chi connectivity index (χ3v) is 5.68. The Morgan fingerprint density at radius 3 is 2.18 bits per heavy atom. The lowest BCUT2D eigenvalue weighted by Crippen LogP contribution is -2.30. The van der Waals surface area contributed by atoms with Crippen molar-refractivity contribution in [2.45, 2.75) is 13.5 Å². The first-order valence-corrected chi connectivity index (χ1v) is 11.1. The summed E-state index contributed by atoms with van der Waals surface area (Å²) in [5, 5.41) is 1.27. The summed E-state index contributed by atoms with van der Waals surface area (Å²) in [6.45, 7) is 2.01. The highest BCUT2D eigenvalue weighted by Crippen LogP contribution is 2.33. The highest BCUT2D eigenvalue weighted by atomic mass is 35.5. The monoisotopic (exact) mass is 474 g/mol. The van der Waals surface area contributed by atoms with E-state index in [4.69, 9.17) is 23.2 Å². The Hall–Kier alpha value is -3.47. The van der Waals surface area contributed by atoms with Gasteiger partial charge >= 0.3 is 0 Å². The molecule has 0 saturated carbocycles. The van der Waals surface area contributed by atoms with E-state index in [9.17, 15) is 9.59 Å². The van der Waals surface area contributed by atoms with E-state index in [0.29, 0.717) is 15.6 Å². The quantitative estimate of drug-likeness (QED) is 0.296. The summed E-state index contributed by atoms with van der Waals surface area (Å²) >= 11 is 12.1. The first kappa shape index (κ1) is 22.7. The van der Waals surface area contributed by atoms with Gasteiger partial charge in [0.1, 0.15) is 0 Å². The van der Waals surface area contributed by atoms with Crippen LogP contribution in [0, 0.1) is 0 Å². The van der Waals surface area contributed by atoms with Gasteiger partial charge in [-0.05, 0) is 54.5 Å². The first-order valence-electron chi connectivity index (χ1n) is 10.3. The number of carbonyl (C=O) groups is 2. The van der Waals surface area contributed by atoms with Crippen molar-refractivity contribution in [2.75, 3.05) is 0 Å². The molecular weight excluding hydrogens is 455 g/mol. The van der Waals surface area contributed by atoms with E-state index in [1.807, 2.05) is 67.6 Å². The number of amides is 2. The molecule has 0 spiro atoms. The van der Waals surface area contributed by atoms with Crippen LogP contribution in [-0.4, -0.2) is 21.7 Å². The van der Waals surface area contributed by atoms with Crippen LogP contribution in [0.1, 0.15) is 12.5 Å². The minimum absolute atomic E-state index is 0.129. The van der Waals surface area contributed by atoms with E-state index in [2.05, 4.69) is 4.98 Å². The van der Waals surface area contributed by atoms with E-state index >= 15 is 0 Å². The second-order valence-electron chi connectivity index (χ2n) is 7.47. The second kappa shape index (κ2) is 9.99. The smallest absolute Gasteiger partial charge is 0.261 e. The number of allylic oxidation sites excluding steroid dienone is 3. The van der Waals surface area contributed by atoms with Gasteiger partial charge in [-0.3, -0.25) is 19.5 Å². The number of hydrogen-bond acceptors (Lipinski definition) is 3. The van der Waals surface area contributed by atoms with Gasteiger partial charge in [0.2, 0.25) is 0 Å². The Kier molecular flexibility index (Phi) is 6.87. The molecule has 0 saturated heterocycles. The predicted octanol–water partition coefficient (Wildman–Crippen LogP) is 6.65. The summed E-state index contributed by atoms with van der Waals surface area (Å²) in [7, 11) is 0. The zero-order valence-electron chi connectivity index (χ0n) is 17.8. The first-order chi connectivity index (χ1) is 16.0. The molecule has 3 aromatic rings. The maximum absolute atomic E-state index is 12.7. The topological polar surface area (TPSA) is 50.3 Å². The molecule has 0 atom stereocenters. The molecular formula is C27H20Cl2N2O2. The third kappa shape index (κ3) is 5.14. The van der Waals surface area contributed by atoms with Crippen molar-refractivity contribution in [1.82, 2.24) is 9.88 Å². The molecule has 33 heavy (non-hydrogen) atoms. The molecule has 0 N–H and O–H groups in total. The number of pyridine rings is 1. The van der Waals surface area contributed by atoms with Crippen molar-refractivity contribution in [2.24, 2.45) is 0 Å². The SMILES string of the molecule is C/C=C\C=C/C1=CC(=O)N(Cc2cnc(-c3ccc(Cl)cc3)c(-c3ccc(Cl)cc3)c2)C1=O. The second-order valence-corrected chi connectivity index (χ2v) is 8.34. The lowest BCUT2D eigenvalue weighted by molar-refractivity contribution is -0.137. The van der Waals surface area contributed by atoms with Gasteiger partial charge < -0.3 is 0 Å².